The van der Waals surface area contributed by atoms with Gasteiger partial charge >= 0.3 is 0 Å². The summed E-state index contributed by atoms with van der Waals surface area (Å²) in [6.45, 7) is 2.50. The van der Waals surface area contributed by atoms with Gasteiger partial charge < -0.3 is 25.4 Å². The molecule has 9 heteroatoms. The molecule has 0 radical (unpaired) electrons. The monoisotopic (exact) mass is 581 g/mol. The van der Waals surface area contributed by atoms with Gasteiger partial charge in [0.25, 0.3) is 11.8 Å². The van der Waals surface area contributed by atoms with Crippen molar-refractivity contribution in [1.29, 1.82) is 0 Å². The molecule has 4 rings (SSSR count). The number of hydrogen-bond acceptors (Lipinski definition) is 6. The Morgan fingerprint density at radius 3 is 2.02 bits per heavy atom. The molecule has 42 heavy (non-hydrogen) atoms. The highest BCUT2D eigenvalue weighted by molar-refractivity contribution is 8.00. The maximum absolute atomic E-state index is 13.3. The lowest BCUT2D eigenvalue weighted by Gasteiger charge is -2.12. The molecule has 8 nitrogen and oxygen atoms in total. The van der Waals surface area contributed by atoms with Crippen LogP contribution in [0.15, 0.2) is 114 Å². The molecule has 0 aliphatic carbocycles. The maximum atomic E-state index is 13.3. The van der Waals surface area contributed by atoms with E-state index in [-0.39, 0.29) is 17.4 Å². The van der Waals surface area contributed by atoms with Crippen LogP contribution < -0.4 is 25.4 Å². The Morgan fingerprint density at radius 1 is 0.762 bits per heavy atom. The molecule has 0 saturated heterocycles. The summed E-state index contributed by atoms with van der Waals surface area (Å²) in [6, 6.07) is 30.1. The first-order valence-corrected chi connectivity index (χ1v) is 14.2. The van der Waals surface area contributed by atoms with Gasteiger partial charge in [0, 0.05) is 21.8 Å². The molecule has 3 amide bonds. The summed E-state index contributed by atoms with van der Waals surface area (Å²) >= 11 is 1.38. The number of anilines is 2. The van der Waals surface area contributed by atoms with Crippen LogP contribution in [-0.4, -0.2) is 37.2 Å². The molecule has 4 aromatic carbocycles. The summed E-state index contributed by atoms with van der Waals surface area (Å²) in [7, 11) is 1.58. The molecule has 0 fully saturated rings. The number of carbonyl (C=O) groups is 3. The normalized spacial score (nSPS) is 10.9. The van der Waals surface area contributed by atoms with Crippen molar-refractivity contribution in [3.63, 3.8) is 0 Å². The van der Waals surface area contributed by atoms with Gasteiger partial charge in [-0.3, -0.25) is 14.4 Å². The molecular weight excluding hydrogens is 550 g/mol. The van der Waals surface area contributed by atoms with Gasteiger partial charge in [-0.05, 0) is 91.4 Å². The van der Waals surface area contributed by atoms with Crippen molar-refractivity contribution in [2.75, 3.05) is 30.1 Å². The van der Waals surface area contributed by atoms with E-state index in [9.17, 15) is 14.4 Å². The topological polar surface area (TPSA) is 106 Å². The number of rotatable bonds is 12. The Morgan fingerprint density at radius 2 is 1.38 bits per heavy atom. The Balaban J connectivity index is 1.37. The zero-order chi connectivity index (χ0) is 29.7. The Kier molecular flexibility index (Phi) is 10.8. The third kappa shape index (κ3) is 9.00. The molecule has 0 aliphatic rings. The molecule has 0 unspecified atom stereocenters. The van der Waals surface area contributed by atoms with Crippen molar-refractivity contribution in [2.45, 2.75) is 11.8 Å². The first-order valence-electron chi connectivity index (χ1n) is 13.2. The van der Waals surface area contributed by atoms with Gasteiger partial charge in [-0.15, -0.1) is 11.8 Å². The van der Waals surface area contributed by atoms with Gasteiger partial charge in [-0.25, -0.2) is 0 Å². The first-order chi connectivity index (χ1) is 20.4. The molecule has 0 aliphatic heterocycles. The SMILES string of the molecule is CCOc1ccc(NC(=O)CSc2ccc(NC(=O)/C(=C/c3ccc(OC)cc3)NC(=O)c3ccccc3)cc2)cc1. The molecule has 0 atom stereocenters. The van der Waals surface area contributed by atoms with Crippen LogP contribution in [0.2, 0.25) is 0 Å². The molecule has 0 bridgehead atoms. The van der Waals surface area contributed by atoms with Crippen molar-refractivity contribution >= 4 is 46.9 Å². The van der Waals surface area contributed by atoms with E-state index in [2.05, 4.69) is 16.0 Å². The number of hydrogen-bond donors (Lipinski definition) is 3. The van der Waals surface area contributed by atoms with Crippen LogP contribution in [0.3, 0.4) is 0 Å². The fourth-order valence-corrected chi connectivity index (χ4v) is 4.49. The van der Waals surface area contributed by atoms with Gasteiger partial charge in [0.2, 0.25) is 5.91 Å². The van der Waals surface area contributed by atoms with Gasteiger partial charge in [0.15, 0.2) is 0 Å². The third-order valence-corrected chi connectivity index (χ3v) is 6.90. The predicted molar refractivity (Wildman–Crippen MR) is 167 cm³/mol. The fraction of sp³-hybridized carbons (Fsp3) is 0.121. The van der Waals surface area contributed by atoms with E-state index >= 15 is 0 Å². The average molecular weight is 582 g/mol. The lowest BCUT2D eigenvalue weighted by molar-refractivity contribution is -0.114. The van der Waals surface area contributed by atoms with Gasteiger partial charge in [-0.2, -0.15) is 0 Å². The minimum Gasteiger partial charge on any atom is -0.497 e. The van der Waals surface area contributed by atoms with E-state index in [1.165, 1.54) is 11.8 Å². The van der Waals surface area contributed by atoms with Crippen LogP contribution in [0.5, 0.6) is 11.5 Å². The van der Waals surface area contributed by atoms with Crippen molar-refractivity contribution in [3.05, 3.63) is 120 Å². The Hall–Kier alpha value is -5.02. The summed E-state index contributed by atoms with van der Waals surface area (Å²) in [6.07, 6.45) is 1.60. The second-order valence-electron chi connectivity index (χ2n) is 8.92. The minimum atomic E-state index is -0.481. The van der Waals surface area contributed by atoms with Gasteiger partial charge in [-0.1, -0.05) is 30.3 Å². The van der Waals surface area contributed by atoms with E-state index in [1.54, 1.807) is 86.0 Å². The van der Waals surface area contributed by atoms with Crippen molar-refractivity contribution < 1.29 is 23.9 Å². The predicted octanol–water partition coefficient (Wildman–Crippen LogP) is 6.23. The number of carbonyl (C=O) groups excluding carboxylic acids is 3. The number of ether oxygens (including phenoxy) is 2. The molecule has 214 valence electrons. The number of thioether (sulfide) groups is 1. The largest absolute Gasteiger partial charge is 0.497 e. The summed E-state index contributed by atoms with van der Waals surface area (Å²) in [5.41, 5.74) is 2.46. The quantitative estimate of drug-likeness (QED) is 0.135. The smallest absolute Gasteiger partial charge is 0.272 e. The fourth-order valence-electron chi connectivity index (χ4n) is 3.79. The van der Waals surface area contributed by atoms with Crippen LogP contribution in [-0.2, 0) is 9.59 Å². The summed E-state index contributed by atoms with van der Waals surface area (Å²) in [5, 5.41) is 8.43. The number of amides is 3. The molecule has 0 spiro atoms. The molecule has 4 aromatic rings. The standard InChI is InChI=1S/C33H31N3O5S/c1-3-41-28-17-11-25(12-18-28)34-31(37)22-42-29-19-13-26(14-20-29)35-33(39)30(21-23-9-15-27(40-2)16-10-23)36-32(38)24-7-5-4-6-8-24/h4-21H,3,22H2,1-2H3,(H,34,37)(H,35,39)(H,36,38)/b30-21-. The average Bonchev–Trinajstić information content (AvgIpc) is 3.02. The van der Waals surface area contributed by atoms with Crippen molar-refractivity contribution in [3.8, 4) is 11.5 Å². The van der Waals surface area contributed by atoms with E-state index in [1.807, 2.05) is 37.3 Å². The lowest BCUT2D eigenvalue weighted by Crippen LogP contribution is -2.30. The Bertz CT molecular complexity index is 1520. The molecule has 0 saturated carbocycles. The highest BCUT2D eigenvalue weighted by Crippen LogP contribution is 2.22. The molecule has 3 N–H and O–H groups in total. The van der Waals surface area contributed by atoms with E-state index in [4.69, 9.17) is 9.47 Å². The van der Waals surface area contributed by atoms with Crippen LogP contribution in [0, 0.1) is 0 Å². The van der Waals surface area contributed by atoms with Gasteiger partial charge in [0.1, 0.15) is 17.2 Å². The summed E-state index contributed by atoms with van der Waals surface area (Å²) in [4.78, 5) is 39.3. The summed E-state index contributed by atoms with van der Waals surface area (Å²) in [5.74, 6) is 0.631. The maximum Gasteiger partial charge on any atom is 0.272 e. The third-order valence-electron chi connectivity index (χ3n) is 5.89. The van der Waals surface area contributed by atoms with E-state index in [0.29, 0.717) is 34.9 Å². The second-order valence-corrected chi connectivity index (χ2v) is 9.97. The highest BCUT2D eigenvalue weighted by Gasteiger charge is 2.15. The van der Waals surface area contributed by atoms with E-state index in [0.717, 1.165) is 10.6 Å². The van der Waals surface area contributed by atoms with Gasteiger partial charge in [0.05, 0.1) is 19.5 Å². The lowest BCUT2D eigenvalue weighted by atomic mass is 10.1. The molecule has 0 aromatic heterocycles. The van der Waals surface area contributed by atoms with Crippen LogP contribution in [0.4, 0.5) is 11.4 Å². The number of methoxy groups -OCH3 is 1. The minimum absolute atomic E-state index is 0.0819. The van der Waals surface area contributed by atoms with Crippen LogP contribution in [0.25, 0.3) is 6.08 Å². The Labute approximate surface area is 249 Å². The second kappa shape index (κ2) is 15.1. The van der Waals surface area contributed by atoms with Crippen LogP contribution in [0.1, 0.15) is 22.8 Å². The zero-order valence-corrected chi connectivity index (χ0v) is 24.1. The van der Waals surface area contributed by atoms with Crippen molar-refractivity contribution in [2.24, 2.45) is 0 Å². The summed E-state index contributed by atoms with van der Waals surface area (Å²) < 4.78 is 10.6. The zero-order valence-electron chi connectivity index (χ0n) is 23.3. The molecule has 0 heterocycles. The number of nitrogens with one attached hydrogen (secondary N) is 3. The van der Waals surface area contributed by atoms with E-state index < -0.39 is 11.8 Å². The number of benzene rings is 4. The first kappa shape index (κ1) is 30.0. The van der Waals surface area contributed by atoms with Crippen molar-refractivity contribution in [1.82, 2.24) is 5.32 Å². The molecular formula is C33H31N3O5S. The highest BCUT2D eigenvalue weighted by atomic mass is 32.2. The van der Waals surface area contributed by atoms with Crippen LogP contribution >= 0.6 is 11.8 Å².